The summed E-state index contributed by atoms with van der Waals surface area (Å²) in [6.45, 7) is 8.10. The number of hydrogen-bond donors (Lipinski definition) is 1. The van der Waals surface area contributed by atoms with Gasteiger partial charge in [-0.25, -0.2) is 4.79 Å². The zero-order valence-corrected chi connectivity index (χ0v) is 8.87. The number of carbonyl (C=O) groups is 1. The lowest BCUT2D eigenvalue weighted by Gasteiger charge is -2.11. The Bertz CT molecular complexity index is 133. The molecule has 0 fully saturated rings. The molecule has 0 aromatic heterocycles. The first-order valence-electron chi connectivity index (χ1n) is 3.70. The summed E-state index contributed by atoms with van der Waals surface area (Å²) in [5.74, 6) is -0.209. The van der Waals surface area contributed by atoms with E-state index in [9.17, 15) is 4.79 Å². The molecule has 0 aromatic carbocycles. The molecule has 2 nitrogen and oxygen atoms in total. The van der Waals surface area contributed by atoms with E-state index in [0.29, 0.717) is 6.54 Å². The zero-order valence-electron chi connectivity index (χ0n) is 7.11. The molecule has 0 saturated heterocycles. The third-order valence-corrected chi connectivity index (χ3v) is 3.38. The molecule has 0 rings (SSSR count). The Morgan fingerprint density at radius 1 is 1.64 bits per heavy atom. The van der Waals surface area contributed by atoms with Gasteiger partial charge < -0.3 is 5.32 Å². The van der Waals surface area contributed by atoms with Crippen LogP contribution in [0.5, 0.6) is 0 Å². The van der Waals surface area contributed by atoms with Crippen LogP contribution in [0.3, 0.4) is 0 Å². The van der Waals surface area contributed by atoms with E-state index >= 15 is 0 Å². The summed E-state index contributed by atoms with van der Waals surface area (Å²) in [5.41, 5.74) is 0. The molecule has 0 aliphatic rings. The minimum Gasteiger partial charge on any atom is -0.316 e. The summed E-state index contributed by atoms with van der Waals surface area (Å²) in [6, 6.07) is 1.04. The highest BCUT2D eigenvalue weighted by Crippen LogP contribution is 2.15. The summed E-state index contributed by atoms with van der Waals surface area (Å²) < 4.78 is 0. The summed E-state index contributed by atoms with van der Waals surface area (Å²) in [5, 5.41) is 2.63. The Kier molecular flexibility index (Phi) is 4.60. The Morgan fingerprint density at radius 2 is 2.18 bits per heavy atom. The second kappa shape index (κ2) is 4.67. The molecule has 0 saturated carbocycles. The monoisotopic (exact) mass is 192 g/mol. The standard InChI is InChI=1S/C7H14ClNOSi/c1-7(10)9-5-4-6-11(2,3)8/h1,4-6H2,2-3H3/p+1. The second-order valence-corrected chi connectivity index (χ2v) is 10.2. The van der Waals surface area contributed by atoms with Crippen molar-refractivity contribution in [3.8, 4) is 0 Å². The van der Waals surface area contributed by atoms with Crippen LogP contribution in [0.15, 0.2) is 0 Å². The lowest BCUT2D eigenvalue weighted by Crippen LogP contribution is -2.24. The Balaban J connectivity index is 3.22. The van der Waals surface area contributed by atoms with Crippen LogP contribution in [-0.4, -0.2) is 19.8 Å². The van der Waals surface area contributed by atoms with Crippen LogP contribution in [0.25, 0.3) is 0 Å². The van der Waals surface area contributed by atoms with Gasteiger partial charge in [-0.1, -0.05) is 13.1 Å². The van der Waals surface area contributed by atoms with Gasteiger partial charge in [-0.3, -0.25) is 0 Å². The first-order chi connectivity index (χ1) is 4.92. The van der Waals surface area contributed by atoms with Crippen LogP contribution in [0, 0.1) is 6.92 Å². The fourth-order valence-electron chi connectivity index (χ4n) is 0.737. The minimum atomic E-state index is -1.43. The molecule has 0 aromatic rings. The predicted octanol–water partition coefficient (Wildman–Crippen LogP) is 1.77. The van der Waals surface area contributed by atoms with E-state index in [2.05, 4.69) is 25.3 Å². The molecular formula is C7H15ClNOSi+. The van der Waals surface area contributed by atoms with Gasteiger partial charge in [0.25, 0.3) is 0 Å². The van der Waals surface area contributed by atoms with E-state index in [1.807, 2.05) is 0 Å². The van der Waals surface area contributed by atoms with Gasteiger partial charge in [0, 0.05) is 6.54 Å². The number of rotatable bonds is 4. The van der Waals surface area contributed by atoms with Crippen molar-refractivity contribution in [3.63, 3.8) is 0 Å². The topological polar surface area (TPSA) is 29.1 Å². The Hall–Kier alpha value is -0.153. The molecule has 11 heavy (non-hydrogen) atoms. The Morgan fingerprint density at radius 3 is 2.55 bits per heavy atom. The maximum atomic E-state index is 10.3. The largest absolute Gasteiger partial charge is 0.399 e. The molecule has 0 atom stereocenters. The summed E-state index contributed by atoms with van der Waals surface area (Å²) in [4.78, 5) is 10.3. The average Bonchev–Trinajstić information content (AvgIpc) is 1.78. The van der Waals surface area contributed by atoms with Crippen molar-refractivity contribution in [2.24, 2.45) is 0 Å². The number of hydrogen-bond acceptors (Lipinski definition) is 1. The molecule has 0 spiro atoms. The smallest absolute Gasteiger partial charge is 0.316 e. The molecule has 64 valence electrons. The highest BCUT2D eigenvalue weighted by molar-refractivity contribution is 7.19. The van der Waals surface area contributed by atoms with E-state index in [1.54, 1.807) is 0 Å². The predicted molar refractivity (Wildman–Crippen MR) is 51.1 cm³/mol. The molecule has 0 heterocycles. The number of nitrogens with one attached hydrogen (secondary N) is 1. The van der Waals surface area contributed by atoms with Gasteiger partial charge in [0.2, 0.25) is 0 Å². The zero-order chi connectivity index (χ0) is 8.91. The van der Waals surface area contributed by atoms with Crippen LogP contribution in [0.2, 0.25) is 19.1 Å². The first-order valence-corrected chi connectivity index (χ1v) is 7.92. The fourth-order valence-corrected chi connectivity index (χ4v) is 2.15. The number of halogens is 1. The molecule has 0 aliphatic carbocycles. The molecule has 0 unspecified atom stereocenters. The third kappa shape index (κ3) is 9.85. The molecule has 0 radical (unpaired) electrons. The highest BCUT2D eigenvalue weighted by Gasteiger charge is 2.15. The minimum absolute atomic E-state index is 0.209. The van der Waals surface area contributed by atoms with E-state index in [4.69, 9.17) is 11.1 Å². The molecule has 1 N–H and O–H groups in total. The van der Waals surface area contributed by atoms with E-state index in [0.717, 1.165) is 12.5 Å². The van der Waals surface area contributed by atoms with Gasteiger partial charge in [0.15, 0.2) is 14.3 Å². The van der Waals surface area contributed by atoms with Gasteiger partial charge in [-0.2, -0.15) is 11.1 Å². The molecule has 0 aliphatic heterocycles. The maximum absolute atomic E-state index is 10.3. The Labute approximate surface area is 74.0 Å². The maximum Gasteiger partial charge on any atom is 0.399 e. The van der Waals surface area contributed by atoms with Crippen LogP contribution in [-0.2, 0) is 4.79 Å². The van der Waals surface area contributed by atoms with E-state index in [-0.39, 0.29) is 5.91 Å². The van der Waals surface area contributed by atoms with Crippen molar-refractivity contribution in [3.05, 3.63) is 6.92 Å². The van der Waals surface area contributed by atoms with E-state index in [1.165, 1.54) is 0 Å². The third-order valence-electron chi connectivity index (χ3n) is 1.27. The lowest BCUT2D eigenvalue weighted by atomic mass is 10.5. The van der Waals surface area contributed by atoms with Crippen molar-refractivity contribution >= 4 is 24.4 Å². The van der Waals surface area contributed by atoms with Gasteiger partial charge in [-0.05, 0) is 12.5 Å². The SMILES string of the molecule is [CH2+]C(=O)NCCC[Si](C)(C)Cl. The molecular weight excluding hydrogens is 178 g/mol. The molecule has 0 bridgehead atoms. The average molecular weight is 193 g/mol. The van der Waals surface area contributed by atoms with Gasteiger partial charge in [0.05, 0.1) is 0 Å². The number of amides is 1. The van der Waals surface area contributed by atoms with Crippen LogP contribution in [0.1, 0.15) is 6.42 Å². The normalized spacial score (nSPS) is 11.2. The van der Waals surface area contributed by atoms with Crippen molar-refractivity contribution in [2.45, 2.75) is 25.6 Å². The summed E-state index contributed by atoms with van der Waals surface area (Å²) in [6.07, 6.45) is 0.962. The van der Waals surface area contributed by atoms with Crippen LogP contribution >= 0.6 is 11.1 Å². The van der Waals surface area contributed by atoms with Crippen molar-refractivity contribution < 1.29 is 4.79 Å². The van der Waals surface area contributed by atoms with Crippen molar-refractivity contribution in [2.75, 3.05) is 6.54 Å². The first kappa shape index (κ1) is 10.8. The molecule has 1 amide bonds. The highest BCUT2D eigenvalue weighted by atomic mass is 35.6. The number of carbonyl (C=O) groups excluding carboxylic acids is 1. The van der Waals surface area contributed by atoms with Crippen LogP contribution < -0.4 is 5.32 Å². The van der Waals surface area contributed by atoms with Gasteiger partial charge >= 0.3 is 5.91 Å². The lowest BCUT2D eigenvalue weighted by molar-refractivity contribution is -0.116. The van der Waals surface area contributed by atoms with Crippen molar-refractivity contribution in [1.29, 1.82) is 0 Å². The van der Waals surface area contributed by atoms with E-state index < -0.39 is 7.38 Å². The summed E-state index contributed by atoms with van der Waals surface area (Å²) >= 11 is 6.06. The van der Waals surface area contributed by atoms with Crippen LogP contribution in [0.4, 0.5) is 0 Å². The quantitative estimate of drug-likeness (QED) is 0.313. The fraction of sp³-hybridized carbons (Fsp3) is 0.714. The molecule has 4 heteroatoms. The van der Waals surface area contributed by atoms with Gasteiger partial charge in [-0.15, -0.1) is 0 Å². The summed E-state index contributed by atoms with van der Waals surface area (Å²) in [7, 11) is -1.43. The van der Waals surface area contributed by atoms with Crippen molar-refractivity contribution in [1.82, 2.24) is 5.32 Å². The second-order valence-electron chi connectivity index (χ2n) is 3.17. The van der Waals surface area contributed by atoms with Gasteiger partial charge in [0.1, 0.15) is 0 Å².